The number of hydrogen-bond acceptors (Lipinski definition) is 3. The Morgan fingerprint density at radius 1 is 0.952 bits per heavy atom. The summed E-state index contributed by atoms with van der Waals surface area (Å²) in [5.74, 6) is -0.548. The number of carbonyl (C=O) groups is 1. The van der Waals surface area contributed by atoms with E-state index in [0.29, 0.717) is 21.4 Å². The van der Waals surface area contributed by atoms with E-state index in [1.807, 2.05) is 0 Å². The molecule has 2 aromatic rings. The highest BCUT2D eigenvalue weighted by Crippen LogP contribution is 2.16. The minimum absolute atomic E-state index is 0.241. The molecule has 2 N–H and O–H groups in total. The molecule has 0 bridgehead atoms. The predicted octanol–water partition coefficient (Wildman–Crippen LogP) is 4.60. The van der Waals surface area contributed by atoms with Crippen LogP contribution in [0.15, 0.2) is 53.6 Å². The van der Waals surface area contributed by atoms with E-state index in [-0.39, 0.29) is 5.17 Å². The van der Waals surface area contributed by atoms with Crippen molar-refractivity contribution in [2.75, 3.05) is 10.7 Å². The number of halogens is 3. The summed E-state index contributed by atoms with van der Waals surface area (Å²) in [6.45, 7) is 0. The van der Waals surface area contributed by atoms with E-state index in [4.69, 9.17) is 34.8 Å². The topological polar surface area (TPSA) is 53.5 Å². The van der Waals surface area contributed by atoms with Crippen molar-refractivity contribution in [3.05, 3.63) is 58.6 Å². The van der Waals surface area contributed by atoms with Crippen LogP contribution in [0, 0.1) is 0 Å². The average Bonchev–Trinajstić information content (AvgIpc) is 2.45. The first-order chi connectivity index (χ1) is 10.0. The maximum absolute atomic E-state index is 11.8. The molecule has 1 amide bonds. The van der Waals surface area contributed by atoms with Crippen LogP contribution < -0.4 is 10.7 Å². The molecule has 0 aromatic heterocycles. The zero-order valence-corrected chi connectivity index (χ0v) is 12.9. The van der Waals surface area contributed by atoms with Gasteiger partial charge in [0.2, 0.25) is 5.17 Å². The Balaban J connectivity index is 2.00. The summed E-state index contributed by atoms with van der Waals surface area (Å²) >= 11 is 17.5. The molecular formula is C14H10Cl3N3O. The van der Waals surface area contributed by atoms with Crippen LogP contribution in [0.2, 0.25) is 10.0 Å². The molecule has 7 heteroatoms. The van der Waals surface area contributed by atoms with E-state index in [9.17, 15) is 4.79 Å². The van der Waals surface area contributed by atoms with E-state index in [0.717, 1.165) is 0 Å². The summed E-state index contributed by atoms with van der Waals surface area (Å²) in [6, 6.07) is 13.6. The fourth-order valence-corrected chi connectivity index (χ4v) is 1.94. The molecule has 0 unspecified atom stereocenters. The van der Waals surface area contributed by atoms with Crippen LogP contribution in [-0.4, -0.2) is 11.1 Å². The molecular weight excluding hydrogens is 333 g/mol. The molecule has 0 saturated carbocycles. The highest BCUT2D eigenvalue weighted by molar-refractivity contribution is 6.84. The third kappa shape index (κ3) is 4.93. The monoisotopic (exact) mass is 341 g/mol. The van der Waals surface area contributed by atoms with Gasteiger partial charge in [-0.25, -0.2) is 0 Å². The third-order valence-electron chi connectivity index (χ3n) is 2.38. The highest BCUT2D eigenvalue weighted by Gasteiger charge is 2.09. The molecule has 0 fully saturated rings. The zero-order valence-electron chi connectivity index (χ0n) is 10.6. The van der Waals surface area contributed by atoms with E-state index in [2.05, 4.69) is 15.8 Å². The van der Waals surface area contributed by atoms with Crippen LogP contribution in [0.5, 0.6) is 0 Å². The van der Waals surface area contributed by atoms with Crippen LogP contribution in [0.1, 0.15) is 0 Å². The van der Waals surface area contributed by atoms with Gasteiger partial charge in [0.15, 0.2) is 0 Å². The van der Waals surface area contributed by atoms with Gasteiger partial charge in [-0.1, -0.05) is 46.9 Å². The van der Waals surface area contributed by atoms with Crippen molar-refractivity contribution in [1.82, 2.24) is 0 Å². The molecule has 0 spiro atoms. The fourth-order valence-electron chi connectivity index (χ4n) is 1.47. The van der Waals surface area contributed by atoms with Gasteiger partial charge in [0.05, 0.1) is 5.69 Å². The number of rotatable bonds is 4. The summed E-state index contributed by atoms with van der Waals surface area (Å²) in [6.07, 6.45) is 0. The largest absolute Gasteiger partial charge is 0.320 e. The number of amides is 1. The fraction of sp³-hybridized carbons (Fsp3) is 0. The number of hydrogen-bond donors (Lipinski definition) is 2. The van der Waals surface area contributed by atoms with E-state index >= 15 is 0 Å². The SMILES string of the molecule is O=C(Nc1cccc(Cl)c1)/C(Cl)=N/Nc1cccc(Cl)c1. The van der Waals surface area contributed by atoms with Gasteiger partial charge in [-0.3, -0.25) is 10.2 Å². The van der Waals surface area contributed by atoms with E-state index in [1.165, 1.54) is 0 Å². The van der Waals surface area contributed by atoms with Crippen molar-refractivity contribution >= 4 is 57.3 Å². The average molecular weight is 343 g/mol. The van der Waals surface area contributed by atoms with Crippen molar-refractivity contribution in [1.29, 1.82) is 0 Å². The highest BCUT2D eigenvalue weighted by atomic mass is 35.5. The van der Waals surface area contributed by atoms with Gasteiger partial charge < -0.3 is 5.32 Å². The number of nitrogens with zero attached hydrogens (tertiary/aromatic N) is 1. The van der Waals surface area contributed by atoms with Crippen LogP contribution >= 0.6 is 34.8 Å². The van der Waals surface area contributed by atoms with Crippen molar-refractivity contribution in [3.63, 3.8) is 0 Å². The second kappa shape index (κ2) is 7.31. The zero-order chi connectivity index (χ0) is 15.2. The van der Waals surface area contributed by atoms with Crippen LogP contribution in [0.4, 0.5) is 11.4 Å². The lowest BCUT2D eigenvalue weighted by Crippen LogP contribution is -2.19. The Bertz CT molecular complexity index is 689. The van der Waals surface area contributed by atoms with Gasteiger partial charge in [0.25, 0.3) is 5.91 Å². The number of anilines is 2. The second-order valence-electron chi connectivity index (χ2n) is 3.99. The maximum Gasteiger partial charge on any atom is 0.287 e. The standard InChI is InChI=1S/C14H10Cl3N3O/c15-9-3-1-5-11(7-9)18-14(21)13(17)20-19-12-6-2-4-10(16)8-12/h1-8,19H,(H,18,21)/b20-13-. The van der Waals surface area contributed by atoms with Crippen molar-refractivity contribution in [2.45, 2.75) is 0 Å². The third-order valence-corrected chi connectivity index (χ3v) is 3.10. The number of carbonyl (C=O) groups excluding carboxylic acids is 1. The summed E-state index contributed by atoms with van der Waals surface area (Å²) in [4.78, 5) is 11.8. The molecule has 0 radical (unpaired) electrons. The lowest BCUT2D eigenvalue weighted by atomic mass is 10.3. The van der Waals surface area contributed by atoms with Gasteiger partial charge in [0, 0.05) is 15.7 Å². The molecule has 0 aliphatic carbocycles. The summed E-state index contributed by atoms with van der Waals surface area (Å²) in [5, 5.41) is 7.18. The molecule has 108 valence electrons. The van der Waals surface area contributed by atoms with Crippen LogP contribution in [0.3, 0.4) is 0 Å². The van der Waals surface area contributed by atoms with Crippen molar-refractivity contribution < 1.29 is 4.79 Å². The Morgan fingerprint density at radius 2 is 1.52 bits per heavy atom. The van der Waals surface area contributed by atoms with Crippen molar-refractivity contribution in [3.8, 4) is 0 Å². The lowest BCUT2D eigenvalue weighted by Gasteiger charge is -2.05. The first kappa shape index (κ1) is 15.6. The molecule has 21 heavy (non-hydrogen) atoms. The smallest absolute Gasteiger partial charge is 0.287 e. The summed E-state index contributed by atoms with van der Waals surface area (Å²) in [7, 11) is 0. The normalized spacial score (nSPS) is 11.1. The minimum Gasteiger partial charge on any atom is -0.320 e. The second-order valence-corrected chi connectivity index (χ2v) is 5.22. The van der Waals surface area contributed by atoms with Crippen molar-refractivity contribution in [2.24, 2.45) is 5.10 Å². The minimum atomic E-state index is -0.548. The summed E-state index contributed by atoms with van der Waals surface area (Å²) in [5.41, 5.74) is 3.80. The lowest BCUT2D eigenvalue weighted by molar-refractivity contribution is -0.110. The molecule has 2 rings (SSSR count). The van der Waals surface area contributed by atoms with Gasteiger partial charge in [-0.05, 0) is 36.4 Å². The quantitative estimate of drug-likeness (QED) is 0.630. The van der Waals surface area contributed by atoms with Crippen LogP contribution in [0.25, 0.3) is 0 Å². The van der Waals surface area contributed by atoms with Gasteiger partial charge >= 0.3 is 0 Å². The summed E-state index contributed by atoms with van der Waals surface area (Å²) < 4.78 is 0. The molecule has 0 heterocycles. The van der Waals surface area contributed by atoms with E-state index in [1.54, 1.807) is 48.5 Å². The Hall–Kier alpha value is -1.75. The van der Waals surface area contributed by atoms with Gasteiger partial charge in [-0.15, -0.1) is 0 Å². The first-order valence-corrected chi connectivity index (χ1v) is 6.99. The Kier molecular flexibility index (Phi) is 5.44. The molecule has 2 aromatic carbocycles. The van der Waals surface area contributed by atoms with Gasteiger partial charge in [-0.2, -0.15) is 5.10 Å². The van der Waals surface area contributed by atoms with Gasteiger partial charge in [0.1, 0.15) is 0 Å². The first-order valence-electron chi connectivity index (χ1n) is 5.86. The molecule has 0 atom stereocenters. The molecule has 0 aliphatic heterocycles. The Labute approximate surface area is 136 Å². The Morgan fingerprint density at radius 3 is 2.14 bits per heavy atom. The molecule has 4 nitrogen and oxygen atoms in total. The number of hydrazone groups is 1. The maximum atomic E-state index is 11.8. The van der Waals surface area contributed by atoms with E-state index < -0.39 is 5.91 Å². The van der Waals surface area contributed by atoms with Crippen LogP contribution in [-0.2, 0) is 4.79 Å². The number of nitrogens with one attached hydrogen (secondary N) is 2. The number of benzene rings is 2. The molecule has 0 saturated heterocycles. The molecule has 0 aliphatic rings. The predicted molar refractivity (Wildman–Crippen MR) is 88.4 cm³/mol.